The molecule has 0 atom stereocenters. The zero-order chi connectivity index (χ0) is 22.2. The van der Waals surface area contributed by atoms with E-state index in [9.17, 15) is 4.79 Å². The number of halogens is 1. The van der Waals surface area contributed by atoms with E-state index >= 15 is 0 Å². The molecule has 0 spiro atoms. The molecule has 0 bridgehead atoms. The maximum Gasteiger partial charge on any atom is 0.271 e. The molecule has 33 heavy (non-hydrogen) atoms. The molecule has 3 heterocycles. The molecule has 0 fully saturated rings. The molecule has 170 valence electrons. The van der Waals surface area contributed by atoms with Crippen molar-refractivity contribution in [3.63, 3.8) is 0 Å². The zero-order valence-electron chi connectivity index (χ0n) is 18.9. The standard InChI is InChI=1S/C26H26N3OS2.HI/c1-4-27-19-12-8-7-11-18(19)15-16-21(27)25-26(30)29(6-3)24(32-25)17-23-28(5-2)20-13-9-10-14-22(20)31-23;/h7-17H,4-6H2,1-3H3;1H/q+1;/p-1/b25-21+;. The summed E-state index contributed by atoms with van der Waals surface area (Å²) >= 11 is 3.37. The van der Waals surface area contributed by atoms with Gasteiger partial charge in [-0.1, -0.05) is 47.7 Å². The lowest BCUT2D eigenvalue weighted by Crippen LogP contribution is -3.00. The summed E-state index contributed by atoms with van der Waals surface area (Å²) in [5.74, 6) is 0. The molecule has 0 N–H and O–H groups in total. The first kappa shape index (κ1) is 23.9. The molecule has 1 aliphatic rings. The highest BCUT2D eigenvalue weighted by molar-refractivity contribution is 7.19. The van der Waals surface area contributed by atoms with Gasteiger partial charge in [0.05, 0.1) is 11.8 Å². The highest BCUT2D eigenvalue weighted by Crippen LogP contribution is 2.30. The summed E-state index contributed by atoms with van der Waals surface area (Å²) in [7, 11) is 0. The first-order chi connectivity index (χ1) is 15.7. The topological polar surface area (TPSA) is 29.1 Å². The second kappa shape index (κ2) is 9.95. The fourth-order valence-electron chi connectivity index (χ4n) is 4.39. The Bertz CT molecular complexity index is 1530. The second-order valence-corrected chi connectivity index (χ2v) is 9.73. The number of para-hydroxylation sites is 2. The second-order valence-electron chi connectivity index (χ2n) is 7.64. The number of nitrogens with zero attached hydrogens (tertiary/aromatic N) is 3. The van der Waals surface area contributed by atoms with Crippen molar-refractivity contribution in [3.05, 3.63) is 84.7 Å². The summed E-state index contributed by atoms with van der Waals surface area (Å²) in [5, 5.41) is 1.17. The van der Waals surface area contributed by atoms with Gasteiger partial charge >= 0.3 is 0 Å². The molecule has 0 aliphatic carbocycles. The number of anilines is 1. The number of hydrogen-bond donors (Lipinski definition) is 0. The smallest absolute Gasteiger partial charge is 0.271 e. The van der Waals surface area contributed by atoms with Crippen LogP contribution in [0.4, 0.5) is 5.69 Å². The molecule has 4 nitrogen and oxygen atoms in total. The predicted molar refractivity (Wildman–Crippen MR) is 137 cm³/mol. The minimum Gasteiger partial charge on any atom is -1.00 e. The van der Waals surface area contributed by atoms with Crippen LogP contribution in [-0.4, -0.2) is 11.1 Å². The number of fused-ring (bicyclic) bond motifs is 2. The van der Waals surface area contributed by atoms with Crippen molar-refractivity contribution in [1.29, 1.82) is 0 Å². The highest BCUT2D eigenvalue weighted by Gasteiger charge is 2.20. The molecule has 0 amide bonds. The summed E-state index contributed by atoms with van der Waals surface area (Å²) in [6.45, 7) is 8.70. The third-order valence-corrected chi connectivity index (χ3v) is 8.16. The Morgan fingerprint density at radius 2 is 1.70 bits per heavy atom. The summed E-state index contributed by atoms with van der Waals surface area (Å²) in [5.41, 5.74) is 4.66. The monoisotopic (exact) mass is 587 g/mol. The normalized spacial score (nSPS) is 15.1. The van der Waals surface area contributed by atoms with Gasteiger partial charge in [-0.25, -0.2) is 0 Å². The van der Waals surface area contributed by atoms with Crippen LogP contribution in [0, 0.1) is 0 Å². The molecule has 2 aromatic heterocycles. The first-order valence-electron chi connectivity index (χ1n) is 11.1. The largest absolute Gasteiger partial charge is 1.00 e. The molecule has 0 saturated carbocycles. The molecule has 0 unspecified atom stereocenters. The minimum atomic E-state index is 0. The number of aromatic nitrogens is 2. The van der Waals surface area contributed by atoms with Gasteiger partial charge in [0.15, 0.2) is 0 Å². The zero-order valence-corrected chi connectivity index (χ0v) is 22.7. The maximum atomic E-state index is 13.5. The van der Waals surface area contributed by atoms with Crippen LogP contribution in [0.1, 0.15) is 31.3 Å². The van der Waals surface area contributed by atoms with Gasteiger partial charge < -0.3 is 28.9 Å². The molecule has 0 radical (unpaired) electrons. The number of likely N-dealkylation sites (N-methyl/N-ethyl adjacent to an activating group) is 1. The van der Waals surface area contributed by atoms with Gasteiger partial charge in [0.25, 0.3) is 10.6 Å². The van der Waals surface area contributed by atoms with E-state index in [1.165, 1.54) is 20.8 Å². The Hall–Kier alpha value is -2.23. The Morgan fingerprint density at radius 1 is 0.939 bits per heavy atom. The number of thiazole rings is 2. The molecular weight excluding hydrogens is 561 g/mol. The van der Waals surface area contributed by atoms with E-state index in [2.05, 4.69) is 90.1 Å². The third-order valence-electron chi connectivity index (χ3n) is 5.92. The Morgan fingerprint density at radius 3 is 2.45 bits per heavy atom. The van der Waals surface area contributed by atoms with E-state index in [1.54, 1.807) is 22.7 Å². The van der Waals surface area contributed by atoms with E-state index < -0.39 is 0 Å². The lowest BCUT2D eigenvalue weighted by Gasteiger charge is -2.28. The van der Waals surface area contributed by atoms with E-state index in [4.69, 9.17) is 0 Å². The Kier molecular flexibility index (Phi) is 7.21. The number of rotatable bonds is 4. The SMILES string of the molecule is CCN1/C(=c2/sc(=Cc3sc4ccccc4[n+]3CC)n(CC)c2=O)C=Cc2ccccc21.[I-]. The molecule has 1 aliphatic heterocycles. The first-order valence-corrected chi connectivity index (χ1v) is 12.7. The number of hydrogen-bond acceptors (Lipinski definition) is 4. The lowest BCUT2D eigenvalue weighted by atomic mass is 10.1. The van der Waals surface area contributed by atoms with Crippen LogP contribution in [0.15, 0.2) is 59.4 Å². The van der Waals surface area contributed by atoms with Crippen molar-refractivity contribution >= 4 is 56.4 Å². The van der Waals surface area contributed by atoms with Crippen molar-refractivity contribution in [2.75, 3.05) is 11.4 Å². The van der Waals surface area contributed by atoms with E-state index in [1.807, 2.05) is 11.5 Å². The summed E-state index contributed by atoms with van der Waals surface area (Å²) in [6, 6.07) is 16.8. The van der Waals surface area contributed by atoms with Crippen LogP contribution in [-0.2, 0) is 13.1 Å². The van der Waals surface area contributed by atoms with Gasteiger partial charge in [0, 0.05) is 24.8 Å². The van der Waals surface area contributed by atoms with Gasteiger partial charge in [-0.15, -0.1) is 11.3 Å². The van der Waals surface area contributed by atoms with Crippen LogP contribution in [0.2, 0.25) is 0 Å². The summed E-state index contributed by atoms with van der Waals surface area (Å²) in [6.07, 6.45) is 6.39. The van der Waals surface area contributed by atoms with Crippen molar-refractivity contribution in [3.8, 4) is 0 Å². The third kappa shape index (κ3) is 4.11. The molecule has 4 aromatic rings. The van der Waals surface area contributed by atoms with E-state index in [0.29, 0.717) is 6.54 Å². The highest BCUT2D eigenvalue weighted by atomic mass is 127. The molecule has 5 rings (SSSR count). The van der Waals surface area contributed by atoms with Gasteiger partial charge in [-0.3, -0.25) is 9.36 Å². The van der Waals surface area contributed by atoms with E-state index in [-0.39, 0.29) is 29.5 Å². The van der Waals surface area contributed by atoms with Crippen LogP contribution >= 0.6 is 22.7 Å². The molecule has 0 saturated heterocycles. The number of benzene rings is 2. The Labute approximate surface area is 218 Å². The van der Waals surface area contributed by atoms with Gasteiger partial charge in [-0.05, 0) is 44.5 Å². The summed E-state index contributed by atoms with van der Waals surface area (Å²) in [4.78, 5) is 15.7. The average Bonchev–Trinajstić information content (AvgIpc) is 3.34. The lowest BCUT2D eigenvalue weighted by molar-refractivity contribution is -0.665. The Balaban J connectivity index is 0.00000259. The van der Waals surface area contributed by atoms with Gasteiger partial charge in [0.2, 0.25) is 5.52 Å². The average molecular weight is 588 g/mol. The molecular formula is C26H26IN3OS2. The maximum absolute atomic E-state index is 13.5. The van der Waals surface area contributed by atoms with Crippen LogP contribution in [0.5, 0.6) is 0 Å². The van der Waals surface area contributed by atoms with Gasteiger partial charge in [0.1, 0.15) is 20.4 Å². The molecule has 7 heteroatoms. The fourth-order valence-corrected chi connectivity index (χ4v) is 6.81. The minimum absolute atomic E-state index is 0. The predicted octanol–water partition coefficient (Wildman–Crippen LogP) is 0.946. The summed E-state index contributed by atoms with van der Waals surface area (Å²) < 4.78 is 7.29. The van der Waals surface area contributed by atoms with Crippen molar-refractivity contribution < 1.29 is 28.5 Å². The number of aryl methyl sites for hydroxylation is 1. The van der Waals surface area contributed by atoms with Crippen molar-refractivity contribution in [2.45, 2.75) is 33.9 Å². The van der Waals surface area contributed by atoms with Crippen molar-refractivity contribution in [1.82, 2.24) is 4.57 Å². The van der Waals surface area contributed by atoms with Gasteiger partial charge in [-0.2, -0.15) is 4.57 Å². The fraction of sp³-hybridized carbons (Fsp3) is 0.231. The van der Waals surface area contributed by atoms with Crippen LogP contribution < -0.4 is 48.2 Å². The van der Waals surface area contributed by atoms with E-state index in [0.717, 1.165) is 33.7 Å². The molecule has 2 aromatic carbocycles. The van der Waals surface area contributed by atoms with Crippen LogP contribution in [0.3, 0.4) is 0 Å². The van der Waals surface area contributed by atoms with Crippen LogP contribution in [0.25, 0.3) is 28.1 Å². The van der Waals surface area contributed by atoms with Crippen molar-refractivity contribution in [2.24, 2.45) is 0 Å². The quantitative estimate of drug-likeness (QED) is 0.263.